The number of carbonyl (C=O) groups excluding carboxylic acids is 1. The van der Waals surface area contributed by atoms with E-state index in [9.17, 15) is 4.79 Å². The molecular weight excluding hydrogens is 176 g/mol. The van der Waals surface area contributed by atoms with Crippen LogP contribution in [0.2, 0.25) is 0 Å². The van der Waals surface area contributed by atoms with Gasteiger partial charge in [0.2, 0.25) is 0 Å². The minimum absolute atomic E-state index is 0.0596. The summed E-state index contributed by atoms with van der Waals surface area (Å²) < 4.78 is 5.59. The molecule has 3 fully saturated rings. The number of ether oxygens (including phenoxy) is 1. The Bertz CT molecular complexity index is 324. The first-order chi connectivity index (χ1) is 6.43. The lowest BCUT2D eigenvalue weighted by Crippen LogP contribution is -2.45. The van der Waals surface area contributed by atoms with Crippen LogP contribution in [0.15, 0.2) is 0 Å². The summed E-state index contributed by atoms with van der Waals surface area (Å²) in [6, 6.07) is 0. The molecule has 2 bridgehead atoms. The minimum atomic E-state index is -0.200. The van der Waals surface area contributed by atoms with E-state index in [2.05, 4.69) is 27.7 Å². The van der Waals surface area contributed by atoms with Crippen molar-refractivity contribution in [3.8, 4) is 0 Å². The number of hydrogen-bond acceptors (Lipinski definition) is 2. The van der Waals surface area contributed by atoms with Crippen LogP contribution < -0.4 is 0 Å². The number of rotatable bonds is 0. The molecule has 0 amide bonds. The highest BCUT2D eigenvalue weighted by molar-refractivity contribution is 5.82. The summed E-state index contributed by atoms with van der Waals surface area (Å²) in [6.07, 6.45) is 1.38. The molecule has 2 saturated carbocycles. The molecule has 14 heavy (non-hydrogen) atoms. The van der Waals surface area contributed by atoms with E-state index in [1.807, 2.05) is 0 Å². The fourth-order valence-corrected chi connectivity index (χ4v) is 4.58. The smallest absolute Gasteiger partial charge is 0.313 e. The molecule has 3 aliphatic rings. The average Bonchev–Trinajstić information content (AvgIpc) is 2.55. The van der Waals surface area contributed by atoms with E-state index in [1.165, 1.54) is 6.42 Å². The zero-order chi connectivity index (χ0) is 10.3. The second-order valence-corrected chi connectivity index (χ2v) is 5.96. The highest BCUT2D eigenvalue weighted by atomic mass is 16.6. The summed E-state index contributed by atoms with van der Waals surface area (Å²) in [5.41, 5.74) is -0.0809. The Morgan fingerprint density at radius 2 is 2.00 bits per heavy atom. The molecule has 0 aromatic carbocycles. The maximum atomic E-state index is 12.0. The highest BCUT2D eigenvalue weighted by Crippen LogP contribution is 2.73. The second kappa shape index (κ2) is 2.02. The Morgan fingerprint density at radius 3 is 2.57 bits per heavy atom. The molecule has 1 heterocycles. The van der Waals surface area contributed by atoms with Gasteiger partial charge in [-0.3, -0.25) is 4.79 Å². The largest absolute Gasteiger partial charge is 0.461 e. The van der Waals surface area contributed by atoms with Crippen molar-refractivity contribution >= 4 is 5.97 Å². The van der Waals surface area contributed by atoms with Gasteiger partial charge in [0.25, 0.3) is 0 Å². The van der Waals surface area contributed by atoms with Crippen molar-refractivity contribution in [2.75, 3.05) is 0 Å². The molecule has 1 aliphatic heterocycles. The fraction of sp³-hybridized carbons (Fsp3) is 0.917. The van der Waals surface area contributed by atoms with Crippen molar-refractivity contribution in [2.24, 2.45) is 28.6 Å². The maximum Gasteiger partial charge on any atom is 0.313 e. The number of esters is 1. The molecule has 0 N–H and O–H groups in total. The summed E-state index contributed by atoms with van der Waals surface area (Å²) >= 11 is 0. The van der Waals surface area contributed by atoms with Crippen LogP contribution in [0, 0.1) is 28.6 Å². The van der Waals surface area contributed by atoms with Crippen LogP contribution >= 0.6 is 0 Å². The molecule has 2 nitrogen and oxygen atoms in total. The molecule has 0 spiro atoms. The van der Waals surface area contributed by atoms with Crippen LogP contribution in [0.1, 0.15) is 34.1 Å². The summed E-state index contributed by atoms with van der Waals surface area (Å²) in [5.74, 6) is 1.81. The van der Waals surface area contributed by atoms with E-state index in [4.69, 9.17) is 4.74 Å². The van der Waals surface area contributed by atoms with E-state index in [1.54, 1.807) is 0 Å². The highest BCUT2D eigenvalue weighted by Gasteiger charge is 2.76. The monoisotopic (exact) mass is 194 g/mol. The first kappa shape index (κ1) is 8.75. The van der Waals surface area contributed by atoms with Crippen molar-refractivity contribution in [1.82, 2.24) is 0 Å². The van der Waals surface area contributed by atoms with Crippen LogP contribution in [-0.4, -0.2) is 12.1 Å². The predicted octanol–water partition coefficient (Wildman–Crippen LogP) is 2.23. The quantitative estimate of drug-likeness (QED) is 0.553. The summed E-state index contributed by atoms with van der Waals surface area (Å²) in [7, 11) is 0. The Kier molecular flexibility index (Phi) is 1.27. The van der Waals surface area contributed by atoms with Crippen LogP contribution in [0.4, 0.5) is 0 Å². The molecule has 2 aliphatic carbocycles. The van der Waals surface area contributed by atoms with Crippen molar-refractivity contribution in [3.63, 3.8) is 0 Å². The summed E-state index contributed by atoms with van der Waals surface area (Å²) in [4.78, 5) is 12.0. The van der Waals surface area contributed by atoms with Gasteiger partial charge in [0.15, 0.2) is 0 Å². The molecular formula is C12H18O2. The van der Waals surface area contributed by atoms with Gasteiger partial charge in [-0.1, -0.05) is 20.8 Å². The van der Waals surface area contributed by atoms with Crippen LogP contribution in [-0.2, 0) is 9.53 Å². The van der Waals surface area contributed by atoms with Gasteiger partial charge < -0.3 is 4.74 Å². The third-order valence-electron chi connectivity index (χ3n) is 5.84. The van der Waals surface area contributed by atoms with Gasteiger partial charge in [0, 0.05) is 5.41 Å². The molecule has 2 heteroatoms. The zero-order valence-electron chi connectivity index (χ0n) is 9.33. The first-order valence-electron chi connectivity index (χ1n) is 5.64. The Balaban J connectivity index is 2.21. The summed E-state index contributed by atoms with van der Waals surface area (Å²) in [6.45, 7) is 8.85. The SMILES string of the molecule is CC1C2CC3(C)C1OC(=O)C3(C)C2C. The molecule has 0 aromatic heterocycles. The lowest BCUT2D eigenvalue weighted by Gasteiger charge is -2.40. The van der Waals surface area contributed by atoms with E-state index in [0.29, 0.717) is 17.8 Å². The van der Waals surface area contributed by atoms with E-state index in [-0.39, 0.29) is 22.9 Å². The number of fused-ring (bicyclic) bond motifs is 1. The molecule has 1 saturated heterocycles. The van der Waals surface area contributed by atoms with E-state index in [0.717, 1.165) is 0 Å². The zero-order valence-corrected chi connectivity index (χ0v) is 9.33. The normalized spacial score (nSPS) is 64.7. The van der Waals surface area contributed by atoms with Gasteiger partial charge in [-0.05, 0) is 31.1 Å². The average molecular weight is 194 g/mol. The Hall–Kier alpha value is -0.530. The van der Waals surface area contributed by atoms with Crippen LogP contribution in [0.25, 0.3) is 0 Å². The van der Waals surface area contributed by atoms with Gasteiger partial charge >= 0.3 is 5.97 Å². The molecule has 6 unspecified atom stereocenters. The van der Waals surface area contributed by atoms with Gasteiger partial charge in [-0.2, -0.15) is 0 Å². The van der Waals surface area contributed by atoms with Crippen molar-refractivity contribution in [2.45, 2.75) is 40.2 Å². The molecule has 0 radical (unpaired) electrons. The van der Waals surface area contributed by atoms with Crippen LogP contribution in [0.3, 0.4) is 0 Å². The molecule has 3 rings (SSSR count). The molecule has 6 atom stereocenters. The van der Waals surface area contributed by atoms with E-state index >= 15 is 0 Å². The van der Waals surface area contributed by atoms with E-state index < -0.39 is 0 Å². The van der Waals surface area contributed by atoms with Gasteiger partial charge in [-0.15, -0.1) is 0 Å². The number of carbonyl (C=O) groups is 1. The molecule has 0 aromatic rings. The minimum Gasteiger partial charge on any atom is -0.461 e. The van der Waals surface area contributed by atoms with Crippen molar-refractivity contribution in [3.05, 3.63) is 0 Å². The van der Waals surface area contributed by atoms with Crippen molar-refractivity contribution < 1.29 is 9.53 Å². The Morgan fingerprint density at radius 1 is 1.36 bits per heavy atom. The van der Waals surface area contributed by atoms with Gasteiger partial charge in [0.05, 0.1) is 5.41 Å². The lowest BCUT2D eigenvalue weighted by atomic mass is 9.59. The number of hydrogen-bond donors (Lipinski definition) is 0. The lowest BCUT2D eigenvalue weighted by molar-refractivity contribution is -0.148. The van der Waals surface area contributed by atoms with Crippen LogP contribution in [0.5, 0.6) is 0 Å². The maximum absolute atomic E-state index is 12.0. The third kappa shape index (κ3) is 0.558. The predicted molar refractivity (Wildman–Crippen MR) is 52.5 cm³/mol. The summed E-state index contributed by atoms with van der Waals surface area (Å²) in [5, 5.41) is 0. The third-order valence-corrected chi connectivity index (χ3v) is 5.84. The molecule has 78 valence electrons. The van der Waals surface area contributed by atoms with Crippen molar-refractivity contribution in [1.29, 1.82) is 0 Å². The van der Waals surface area contributed by atoms with Gasteiger partial charge in [0.1, 0.15) is 6.10 Å². The van der Waals surface area contributed by atoms with Gasteiger partial charge in [-0.25, -0.2) is 0 Å². The fourth-order valence-electron chi connectivity index (χ4n) is 4.58. The standard InChI is InChI=1S/C12H18O2/c1-6-8-5-11(3)9(6)14-10(13)12(11,4)7(8)2/h6-9H,5H2,1-4H3. The Labute approximate surface area is 85.0 Å². The topological polar surface area (TPSA) is 26.3 Å². The second-order valence-electron chi connectivity index (χ2n) is 5.96. The first-order valence-corrected chi connectivity index (χ1v) is 5.64.